The number of rotatable bonds is 3. The zero-order chi connectivity index (χ0) is 12.8. The maximum absolute atomic E-state index is 10.5. The van der Waals surface area contributed by atoms with Crippen LogP contribution in [0.3, 0.4) is 0 Å². The van der Waals surface area contributed by atoms with Crippen molar-refractivity contribution in [3.05, 3.63) is 35.8 Å². The third-order valence-electron chi connectivity index (χ3n) is 2.40. The third-order valence-corrected chi connectivity index (χ3v) is 2.40. The highest BCUT2D eigenvalue weighted by atomic mass is 16.4. The summed E-state index contributed by atoms with van der Waals surface area (Å²) in [6.45, 7) is 5.91. The summed E-state index contributed by atoms with van der Waals surface area (Å²) in [6.07, 6.45) is 2.57. The van der Waals surface area contributed by atoms with Crippen molar-refractivity contribution in [1.82, 2.24) is 9.38 Å². The van der Waals surface area contributed by atoms with E-state index in [2.05, 4.69) is 4.98 Å². The maximum Gasteiger partial charge on any atom is 0.303 e. The average Bonchev–Trinajstić information content (AvgIpc) is 2.65. The van der Waals surface area contributed by atoms with Crippen LogP contribution in [0, 0.1) is 6.92 Å². The molecule has 0 spiro atoms. The van der Waals surface area contributed by atoms with E-state index in [9.17, 15) is 4.79 Å². The Balaban J connectivity index is 0.000000686. The molecule has 0 aliphatic rings. The number of imidazole rings is 1. The van der Waals surface area contributed by atoms with E-state index in [0.717, 1.165) is 17.0 Å². The van der Waals surface area contributed by atoms with Crippen LogP contribution in [0.15, 0.2) is 24.4 Å². The van der Waals surface area contributed by atoms with E-state index in [1.54, 1.807) is 0 Å². The minimum absolute atomic E-state index is 0.142. The van der Waals surface area contributed by atoms with Crippen LogP contribution < -0.4 is 0 Å². The van der Waals surface area contributed by atoms with Crippen molar-refractivity contribution in [2.75, 3.05) is 0 Å². The van der Waals surface area contributed by atoms with Gasteiger partial charge in [0.1, 0.15) is 5.65 Å². The van der Waals surface area contributed by atoms with Crippen molar-refractivity contribution in [2.45, 2.75) is 33.6 Å². The number of carbonyl (C=O) groups is 1. The SMILES string of the molecule is CC.Cc1nc2ccccn2c1CCC(=O)O. The lowest BCUT2D eigenvalue weighted by molar-refractivity contribution is -0.136. The molecule has 2 rings (SSSR count). The van der Waals surface area contributed by atoms with Gasteiger partial charge in [-0.2, -0.15) is 0 Å². The number of aliphatic carboxylic acids is 1. The fourth-order valence-electron chi connectivity index (χ4n) is 1.69. The number of carboxylic acids is 1. The number of nitrogens with zero attached hydrogens (tertiary/aromatic N) is 2. The summed E-state index contributed by atoms with van der Waals surface area (Å²) in [5, 5.41) is 8.65. The number of fused-ring (bicyclic) bond motifs is 1. The first-order chi connectivity index (χ1) is 8.18. The number of pyridine rings is 1. The molecule has 2 aromatic rings. The molecule has 4 nitrogen and oxygen atoms in total. The van der Waals surface area contributed by atoms with Crippen molar-refractivity contribution in [3.8, 4) is 0 Å². The molecule has 0 atom stereocenters. The van der Waals surface area contributed by atoms with Crippen LogP contribution in [0.2, 0.25) is 0 Å². The molecule has 0 fully saturated rings. The van der Waals surface area contributed by atoms with Crippen LogP contribution in [-0.2, 0) is 11.2 Å². The van der Waals surface area contributed by atoms with Crippen LogP contribution in [-0.4, -0.2) is 20.5 Å². The van der Waals surface area contributed by atoms with Gasteiger partial charge < -0.3 is 9.51 Å². The van der Waals surface area contributed by atoms with Gasteiger partial charge in [-0.1, -0.05) is 19.9 Å². The monoisotopic (exact) mass is 234 g/mol. The van der Waals surface area contributed by atoms with E-state index < -0.39 is 5.97 Å². The Morgan fingerprint density at radius 1 is 1.41 bits per heavy atom. The highest BCUT2D eigenvalue weighted by Crippen LogP contribution is 2.13. The molecule has 0 saturated carbocycles. The molecule has 0 radical (unpaired) electrons. The zero-order valence-electron chi connectivity index (χ0n) is 10.5. The summed E-state index contributed by atoms with van der Waals surface area (Å²) >= 11 is 0. The quantitative estimate of drug-likeness (QED) is 0.888. The number of aromatic nitrogens is 2. The molecule has 4 heteroatoms. The molecule has 0 amide bonds. The first-order valence-corrected chi connectivity index (χ1v) is 5.83. The number of aryl methyl sites for hydroxylation is 2. The maximum atomic E-state index is 10.5. The van der Waals surface area contributed by atoms with Crippen LogP contribution in [0.1, 0.15) is 31.7 Å². The van der Waals surface area contributed by atoms with Crippen molar-refractivity contribution in [3.63, 3.8) is 0 Å². The van der Waals surface area contributed by atoms with E-state index in [-0.39, 0.29) is 6.42 Å². The summed E-state index contributed by atoms with van der Waals surface area (Å²) in [7, 11) is 0. The van der Waals surface area contributed by atoms with Gasteiger partial charge in [-0.25, -0.2) is 4.98 Å². The Kier molecular flexibility index (Phi) is 4.69. The molecule has 2 aromatic heterocycles. The minimum Gasteiger partial charge on any atom is -0.481 e. The van der Waals surface area contributed by atoms with E-state index in [0.29, 0.717) is 6.42 Å². The molecule has 0 aliphatic carbocycles. The van der Waals surface area contributed by atoms with Crippen molar-refractivity contribution >= 4 is 11.6 Å². The average molecular weight is 234 g/mol. The number of carboxylic acid groups (broad SMARTS) is 1. The van der Waals surface area contributed by atoms with Gasteiger partial charge in [0.25, 0.3) is 0 Å². The van der Waals surface area contributed by atoms with E-state index in [1.165, 1.54) is 0 Å². The van der Waals surface area contributed by atoms with Crippen LogP contribution in [0.4, 0.5) is 0 Å². The Labute approximate surface area is 101 Å². The lowest BCUT2D eigenvalue weighted by Crippen LogP contribution is -2.01. The molecule has 0 aromatic carbocycles. The zero-order valence-corrected chi connectivity index (χ0v) is 10.5. The van der Waals surface area contributed by atoms with Gasteiger partial charge in [-0.15, -0.1) is 0 Å². The molecule has 2 heterocycles. The van der Waals surface area contributed by atoms with Crippen molar-refractivity contribution < 1.29 is 9.90 Å². The lowest BCUT2D eigenvalue weighted by Gasteiger charge is -2.00. The number of hydrogen-bond donors (Lipinski definition) is 1. The summed E-state index contributed by atoms with van der Waals surface area (Å²) in [5.41, 5.74) is 2.76. The summed E-state index contributed by atoms with van der Waals surface area (Å²) in [6, 6.07) is 5.75. The van der Waals surface area contributed by atoms with E-state index in [4.69, 9.17) is 5.11 Å². The van der Waals surface area contributed by atoms with Crippen LogP contribution in [0.25, 0.3) is 5.65 Å². The van der Waals surface area contributed by atoms with Gasteiger partial charge in [0.05, 0.1) is 12.1 Å². The third kappa shape index (κ3) is 3.06. The Hall–Kier alpha value is -1.84. The predicted octanol–water partition coefficient (Wildman–Crippen LogP) is 2.69. The molecule has 0 bridgehead atoms. The first-order valence-electron chi connectivity index (χ1n) is 5.83. The van der Waals surface area contributed by atoms with Crippen LogP contribution in [0.5, 0.6) is 0 Å². The molecule has 92 valence electrons. The lowest BCUT2D eigenvalue weighted by atomic mass is 10.2. The Bertz CT molecular complexity index is 503. The largest absolute Gasteiger partial charge is 0.481 e. The molecular weight excluding hydrogens is 216 g/mol. The highest BCUT2D eigenvalue weighted by molar-refractivity contribution is 5.67. The molecule has 0 unspecified atom stereocenters. The second-order valence-electron chi connectivity index (χ2n) is 3.47. The number of hydrogen-bond acceptors (Lipinski definition) is 2. The topological polar surface area (TPSA) is 54.6 Å². The van der Waals surface area contributed by atoms with Crippen molar-refractivity contribution in [2.24, 2.45) is 0 Å². The second kappa shape index (κ2) is 6.03. The molecular formula is C13H18N2O2. The van der Waals surface area contributed by atoms with Gasteiger partial charge in [-0.05, 0) is 19.1 Å². The van der Waals surface area contributed by atoms with Crippen molar-refractivity contribution in [1.29, 1.82) is 0 Å². The normalized spacial score (nSPS) is 9.82. The van der Waals surface area contributed by atoms with Gasteiger partial charge >= 0.3 is 5.97 Å². The summed E-state index contributed by atoms with van der Waals surface area (Å²) in [4.78, 5) is 14.9. The van der Waals surface area contributed by atoms with Gasteiger partial charge in [-0.3, -0.25) is 4.79 Å². The molecule has 0 saturated heterocycles. The van der Waals surface area contributed by atoms with Crippen LogP contribution >= 0.6 is 0 Å². The van der Waals surface area contributed by atoms with Gasteiger partial charge in [0.2, 0.25) is 0 Å². The molecule has 17 heavy (non-hydrogen) atoms. The van der Waals surface area contributed by atoms with Gasteiger partial charge in [0, 0.05) is 18.3 Å². The fourth-order valence-corrected chi connectivity index (χ4v) is 1.69. The Morgan fingerprint density at radius 2 is 2.12 bits per heavy atom. The Morgan fingerprint density at radius 3 is 2.76 bits per heavy atom. The standard InChI is InChI=1S/C11H12N2O2.C2H6/c1-8-9(5-6-11(14)15)13-7-3-2-4-10(13)12-8;1-2/h2-4,7H,5-6H2,1H3,(H,14,15);1-2H3. The second-order valence-corrected chi connectivity index (χ2v) is 3.47. The molecule has 1 N–H and O–H groups in total. The summed E-state index contributed by atoms with van der Waals surface area (Å²) in [5.74, 6) is -0.778. The fraction of sp³-hybridized carbons (Fsp3) is 0.385. The van der Waals surface area contributed by atoms with Gasteiger partial charge in [0.15, 0.2) is 0 Å². The first kappa shape index (κ1) is 13.2. The highest BCUT2D eigenvalue weighted by Gasteiger charge is 2.09. The van der Waals surface area contributed by atoms with E-state index in [1.807, 2.05) is 49.6 Å². The minimum atomic E-state index is -0.778. The predicted molar refractivity (Wildman–Crippen MR) is 67.2 cm³/mol. The smallest absolute Gasteiger partial charge is 0.303 e. The molecule has 0 aliphatic heterocycles. The van der Waals surface area contributed by atoms with E-state index >= 15 is 0 Å². The summed E-state index contributed by atoms with van der Waals surface area (Å²) < 4.78 is 1.94.